The van der Waals surface area contributed by atoms with E-state index >= 15 is 0 Å². The van der Waals surface area contributed by atoms with Gasteiger partial charge in [0.2, 0.25) is 0 Å². The molecule has 2 N–H and O–H groups in total. The second-order valence-electron chi connectivity index (χ2n) is 5.43. The fraction of sp³-hybridized carbons (Fsp3) is 0.158. The van der Waals surface area contributed by atoms with Crippen molar-refractivity contribution in [3.63, 3.8) is 0 Å². The van der Waals surface area contributed by atoms with Crippen molar-refractivity contribution in [3.8, 4) is 22.6 Å². The normalized spacial score (nSPS) is 10.3. The van der Waals surface area contributed by atoms with E-state index in [9.17, 15) is 4.79 Å². The summed E-state index contributed by atoms with van der Waals surface area (Å²) in [7, 11) is 1.62. The monoisotopic (exact) mass is 337 g/mol. The second-order valence-corrected chi connectivity index (χ2v) is 5.43. The van der Waals surface area contributed by atoms with Gasteiger partial charge in [-0.25, -0.2) is 0 Å². The molecule has 2 aromatic carbocycles. The highest BCUT2D eigenvalue weighted by Crippen LogP contribution is 2.22. The predicted molar refractivity (Wildman–Crippen MR) is 94.4 cm³/mol. The Morgan fingerprint density at radius 1 is 1.12 bits per heavy atom. The number of hydrogen-bond acceptors (Lipinski definition) is 4. The minimum Gasteiger partial charge on any atom is -0.497 e. The maximum absolute atomic E-state index is 12.0. The number of carbonyl (C=O) groups is 1. The van der Waals surface area contributed by atoms with Crippen LogP contribution in [0.15, 0.2) is 60.9 Å². The number of benzene rings is 2. The number of ether oxygens (including phenoxy) is 2. The summed E-state index contributed by atoms with van der Waals surface area (Å²) in [5, 5.41) is 9.53. The number of aromatic amines is 1. The van der Waals surface area contributed by atoms with E-state index in [0.717, 1.165) is 22.4 Å². The van der Waals surface area contributed by atoms with E-state index in [4.69, 9.17) is 9.47 Å². The molecule has 6 heteroatoms. The molecule has 1 aromatic heterocycles. The molecule has 0 aliphatic heterocycles. The smallest absolute Gasteiger partial charge is 0.258 e. The zero-order chi connectivity index (χ0) is 17.5. The summed E-state index contributed by atoms with van der Waals surface area (Å²) in [6.45, 7) is 0.409. The molecule has 0 bridgehead atoms. The van der Waals surface area contributed by atoms with Crippen molar-refractivity contribution >= 4 is 5.91 Å². The lowest BCUT2D eigenvalue weighted by atomic mass is 10.1. The van der Waals surface area contributed by atoms with E-state index in [1.54, 1.807) is 19.5 Å². The highest BCUT2D eigenvalue weighted by Gasteiger charge is 2.05. The largest absolute Gasteiger partial charge is 0.497 e. The molecule has 1 heterocycles. The molecule has 6 nitrogen and oxygen atoms in total. The van der Waals surface area contributed by atoms with Gasteiger partial charge in [0, 0.05) is 18.3 Å². The number of nitrogens with zero attached hydrogens (tertiary/aromatic N) is 1. The van der Waals surface area contributed by atoms with Crippen LogP contribution >= 0.6 is 0 Å². The first-order valence-corrected chi connectivity index (χ1v) is 7.86. The van der Waals surface area contributed by atoms with Gasteiger partial charge in [0.25, 0.3) is 5.91 Å². The molecule has 0 fully saturated rings. The topological polar surface area (TPSA) is 76.2 Å². The predicted octanol–water partition coefficient (Wildman–Crippen LogP) is 2.78. The molecule has 3 aromatic rings. The van der Waals surface area contributed by atoms with E-state index in [2.05, 4.69) is 15.5 Å². The Morgan fingerprint density at radius 2 is 1.96 bits per heavy atom. The Balaban J connectivity index is 1.49. The third-order valence-electron chi connectivity index (χ3n) is 3.68. The highest BCUT2D eigenvalue weighted by molar-refractivity contribution is 5.77. The number of rotatable bonds is 7. The average molecular weight is 337 g/mol. The SMILES string of the molecule is COc1ccc(CNC(=O)COc2cccc(-c3cn[nH]c3)c2)cc1. The number of nitrogens with one attached hydrogen (secondary N) is 2. The van der Waals surface area contributed by atoms with Gasteiger partial charge in [-0.2, -0.15) is 5.10 Å². The van der Waals surface area contributed by atoms with Crippen molar-refractivity contribution in [1.82, 2.24) is 15.5 Å². The van der Waals surface area contributed by atoms with Crippen LogP contribution in [0.4, 0.5) is 0 Å². The molecule has 1 amide bonds. The highest BCUT2D eigenvalue weighted by atomic mass is 16.5. The quantitative estimate of drug-likeness (QED) is 0.695. The summed E-state index contributed by atoms with van der Waals surface area (Å²) in [5.74, 6) is 1.25. The van der Waals surface area contributed by atoms with Gasteiger partial charge in [0.15, 0.2) is 6.61 Å². The average Bonchev–Trinajstić information content (AvgIpc) is 3.20. The van der Waals surface area contributed by atoms with Gasteiger partial charge in [-0.3, -0.25) is 9.89 Å². The molecule has 0 aliphatic rings. The van der Waals surface area contributed by atoms with Gasteiger partial charge in [0.05, 0.1) is 13.3 Å². The zero-order valence-corrected chi connectivity index (χ0v) is 13.9. The van der Waals surface area contributed by atoms with Crippen molar-refractivity contribution in [3.05, 3.63) is 66.5 Å². The Labute approximate surface area is 145 Å². The molecule has 0 radical (unpaired) electrons. The Hall–Kier alpha value is -3.28. The van der Waals surface area contributed by atoms with Gasteiger partial charge in [-0.1, -0.05) is 24.3 Å². The minimum absolute atomic E-state index is 0.0367. The summed E-state index contributed by atoms with van der Waals surface area (Å²) in [6.07, 6.45) is 3.54. The van der Waals surface area contributed by atoms with Crippen molar-refractivity contribution in [2.45, 2.75) is 6.54 Å². The van der Waals surface area contributed by atoms with Crippen LogP contribution in [0.1, 0.15) is 5.56 Å². The molecule has 0 saturated heterocycles. The molecule has 128 valence electrons. The molecule has 0 spiro atoms. The molecular formula is C19H19N3O3. The van der Waals surface area contributed by atoms with Gasteiger partial charge in [0.1, 0.15) is 11.5 Å². The number of amides is 1. The third-order valence-corrected chi connectivity index (χ3v) is 3.68. The van der Waals surface area contributed by atoms with Gasteiger partial charge in [-0.15, -0.1) is 0 Å². The summed E-state index contributed by atoms with van der Waals surface area (Å²) >= 11 is 0. The van der Waals surface area contributed by atoms with E-state index in [0.29, 0.717) is 12.3 Å². The molecule has 0 aliphatic carbocycles. The standard InChI is InChI=1S/C19H19N3O3/c1-24-17-7-5-14(6-8-17)10-20-19(23)13-25-18-4-2-3-15(9-18)16-11-21-22-12-16/h2-9,11-12H,10,13H2,1H3,(H,20,23)(H,21,22). The van der Waals surface area contributed by atoms with E-state index < -0.39 is 0 Å². The fourth-order valence-corrected chi connectivity index (χ4v) is 2.32. The van der Waals surface area contributed by atoms with Crippen LogP contribution in [0.3, 0.4) is 0 Å². The van der Waals surface area contributed by atoms with Gasteiger partial charge in [-0.05, 0) is 35.4 Å². The first-order valence-electron chi connectivity index (χ1n) is 7.86. The van der Waals surface area contributed by atoms with Crippen LogP contribution in [-0.4, -0.2) is 29.8 Å². The molecular weight excluding hydrogens is 318 g/mol. The third kappa shape index (κ3) is 4.60. The number of hydrogen-bond donors (Lipinski definition) is 2. The van der Waals surface area contributed by atoms with Crippen LogP contribution in [0.2, 0.25) is 0 Å². The first kappa shape index (κ1) is 16.6. The maximum Gasteiger partial charge on any atom is 0.258 e. The molecule has 25 heavy (non-hydrogen) atoms. The van der Waals surface area contributed by atoms with E-state index in [1.165, 1.54) is 0 Å². The van der Waals surface area contributed by atoms with Crippen molar-refractivity contribution < 1.29 is 14.3 Å². The summed E-state index contributed by atoms with van der Waals surface area (Å²) in [5.41, 5.74) is 2.94. The Kier molecular flexibility index (Phi) is 5.31. The van der Waals surface area contributed by atoms with Crippen LogP contribution < -0.4 is 14.8 Å². The first-order chi connectivity index (χ1) is 12.2. The van der Waals surface area contributed by atoms with Gasteiger partial charge >= 0.3 is 0 Å². The number of H-pyrrole nitrogens is 1. The van der Waals surface area contributed by atoms with Crippen molar-refractivity contribution in [2.24, 2.45) is 0 Å². The zero-order valence-electron chi connectivity index (χ0n) is 13.9. The summed E-state index contributed by atoms with van der Waals surface area (Å²) in [6, 6.07) is 15.1. The summed E-state index contributed by atoms with van der Waals surface area (Å²) in [4.78, 5) is 12.0. The Bertz CT molecular complexity index is 814. The lowest BCUT2D eigenvalue weighted by Gasteiger charge is -2.09. The van der Waals surface area contributed by atoms with Crippen molar-refractivity contribution in [2.75, 3.05) is 13.7 Å². The summed E-state index contributed by atoms with van der Waals surface area (Å²) < 4.78 is 10.7. The van der Waals surface area contributed by atoms with Crippen LogP contribution in [0, 0.1) is 0 Å². The van der Waals surface area contributed by atoms with Crippen LogP contribution in [-0.2, 0) is 11.3 Å². The lowest BCUT2D eigenvalue weighted by molar-refractivity contribution is -0.123. The maximum atomic E-state index is 12.0. The second kappa shape index (κ2) is 8.01. The van der Waals surface area contributed by atoms with Gasteiger partial charge < -0.3 is 14.8 Å². The molecule has 0 saturated carbocycles. The number of aromatic nitrogens is 2. The van der Waals surface area contributed by atoms with E-state index in [1.807, 2.05) is 48.5 Å². The van der Waals surface area contributed by atoms with Crippen LogP contribution in [0.25, 0.3) is 11.1 Å². The van der Waals surface area contributed by atoms with Crippen molar-refractivity contribution in [1.29, 1.82) is 0 Å². The number of methoxy groups -OCH3 is 1. The fourth-order valence-electron chi connectivity index (χ4n) is 2.32. The van der Waals surface area contributed by atoms with Crippen LogP contribution in [0.5, 0.6) is 11.5 Å². The molecule has 0 atom stereocenters. The van der Waals surface area contributed by atoms with E-state index in [-0.39, 0.29) is 12.5 Å². The minimum atomic E-state index is -0.176. The Morgan fingerprint density at radius 3 is 2.68 bits per heavy atom. The molecule has 0 unspecified atom stereocenters. The number of carbonyl (C=O) groups excluding carboxylic acids is 1. The molecule has 3 rings (SSSR count). The lowest BCUT2D eigenvalue weighted by Crippen LogP contribution is -2.28.